The molecule has 2 aromatic rings. The van der Waals surface area contributed by atoms with E-state index in [1.165, 1.54) is 11.0 Å². The molecular formula is C20H21N3O4S. The maximum Gasteiger partial charge on any atom is 0.255 e. The van der Waals surface area contributed by atoms with Crippen molar-refractivity contribution in [1.82, 2.24) is 4.90 Å². The van der Waals surface area contributed by atoms with Crippen LogP contribution in [0.2, 0.25) is 0 Å². The summed E-state index contributed by atoms with van der Waals surface area (Å²) in [4.78, 5) is 14.5. The van der Waals surface area contributed by atoms with Crippen LogP contribution in [0.3, 0.4) is 0 Å². The molecule has 1 unspecified atom stereocenters. The molecule has 3 rings (SSSR count). The standard InChI is InChI=1S/C20H21N3O4S/c1-13-8-18(14(2)19(9-13)28(22,25)26)15-4-3-5-16(10-15)20(24)23-6-7-27-12-17(23)11-21/h3-5,8-10,17H,6-7,12H2,1-2H3,(H2,22,25,26). The van der Waals surface area contributed by atoms with Crippen molar-refractivity contribution in [3.05, 3.63) is 53.1 Å². The van der Waals surface area contributed by atoms with Crippen LogP contribution in [0.5, 0.6) is 0 Å². The molecule has 146 valence electrons. The number of hydrogen-bond acceptors (Lipinski definition) is 5. The smallest absolute Gasteiger partial charge is 0.255 e. The van der Waals surface area contributed by atoms with Gasteiger partial charge in [-0.3, -0.25) is 4.79 Å². The third-order valence-corrected chi connectivity index (χ3v) is 5.81. The van der Waals surface area contributed by atoms with Gasteiger partial charge in [0.2, 0.25) is 10.0 Å². The zero-order chi connectivity index (χ0) is 20.5. The molecule has 0 spiro atoms. The fourth-order valence-corrected chi connectivity index (χ4v) is 4.25. The lowest BCUT2D eigenvalue weighted by Gasteiger charge is -2.31. The molecule has 8 heteroatoms. The van der Waals surface area contributed by atoms with E-state index in [9.17, 15) is 18.5 Å². The van der Waals surface area contributed by atoms with Crippen LogP contribution < -0.4 is 5.14 Å². The highest BCUT2D eigenvalue weighted by molar-refractivity contribution is 7.89. The monoisotopic (exact) mass is 399 g/mol. The Bertz CT molecular complexity index is 1070. The van der Waals surface area contributed by atoms with Gasteiger partial charge in [0.1, 0.15) is 6.04 Å². The molecule has 1 saturated heterocycles. The van der Waals surface area contributed by atoms with Crippen LogP contribution >= 0.6 is 0 Å². The molecule has 0 aliphatic carbocycles. The van der Waals surface area contributed by atoms with Crippen LogP contribution in [-0.4, -0.2) is 45.0 Å². The van der Waals surface area contributed by atoms with Gasteiger partial charge >= 0.3 is 0 Å². The van der Waals surface area contributed by atoms with Gasteiger partial charge in [-0.15, -0.1) is 0 Å². The van der Waals surface area contributed by atoms with Gasteiger partial charge in [-0.1, -0.05) is 18.2 Å². The van der Waals surface area contributed by atoms with Gasteiger partial charge in [-0.2, -0.15) is 5.26 Å². The number of ether oxygens (including phenoxy) is 1. The van der Waals surface area contributed by atoms with Crippen molar-refractivity contribution in [1.29, 1.82) is 5.26 Å². The zero-order valence-corrected chi connectivity index (χ0v) is 16.5. The van der Waals surface area contributed by atoms with Crippen LogP contribution in [0.25, 0.3) is 11.1 Å². The second-order valence-corrected chi connectivity index (χ2v) is 8.31. The number of sulfonamides is 1. The number of nitrogens with two attached hydrogens (primary N) is 1. The molecule has 7 nitrogen and oxygen atoms in total. The highest BCUT2D eigenvalue weighted by Crippen LogP contribution is 2.30. The van der Waals surface area contributed by atoms with Gasteiger partial charge < -0.3 is 9.64 Å². The Morgan fingerprint density at radius 1 is 1.29 bits per heavy atom. The van der Waals surface area contributed by atoms with Crippen LogP contribution in [-0.2, 0) is 14.8 Å². The number of amides is 1. The van der Waals surface area contributed by atoms with Crippen molar-refractivity contribution >= 4 is 15.9 Å². The van der Waals surface area contributed by atoms with Crippen LogP contribution in [0.15, 0.2) is 41.3 Å². The van der Waals surface area contributed by atoms with E-state index in [4.69, 9.17) is 9.88 Å². The minimum Gasteiger partial charge on any atom is -0.376 e. The number of carbonyl (C=O) groups excluding carboxylic acids is 1. The molecule has 2 N–H and O–H groups in total. The Labute approximate surface area is 164 Å². The number of benzene rings is 2. The first kappa shape index (κ1) is 20.0. The zero-order valence-electron chi connectivity index (χ0n) is 15.7. The first-order valence-corrected chi connectivity index (χ1v) is 10.3. The number of primary sulfonamides is 1. The molecule has 0 bridgehead atoms. The fourth-order valence-electron chi connectivity index (χ4n) is 3.36. The lowest BCUT2D eigenvalue weighted by Crippen LogP contribution is -2.47. The molecule has 28 heavy (non-hydrogen) atoms. The maximum atomic E-state index is 12.9. The predicted molar refractivity (Wildman–Crippen MR) is 104 cm³/mol. The fraction of sp³-hybridized carbons (Fsp3) is 0.300. The summed E-state index contributed by atoms with van der Waals surface area (Å²) < 4.78 is 29.1. The SMILES string of the molecule is Cc1cc(-c2cccc(C(=O)N3CCOCC3C#N)c2)c(C)c(S(N)(=O)=O)c1. The second kappa shape index (κ2) is 7.72. The molecule has 1 amide bonds. The number of hydrogen-bond donors (Lipinski definition) is 1. The van der Waals surface area contributed by atoms with Gasteiger partial charge in [-0.25, -0.2) is 13.6 Å². The minimum absolute atomic E-state index is 0.0666. The average Bonchev–Trinajstić information content (AvgIpc) is 2.68. The normalized spacial score (nSPS) is 17.2. The molecule has 1 atom stereocenters. The van der Waals surface area contributed by atoms with Crippen molar-refractivity contribution in [2.45, 2.75) is 24.8 Å². The Hall–Kier alpha value is -2.73. The van der Waals surface area contributed by atoms with E-state index in [0.29, 0.717) is 35.4 Å². The Morgan fingerprint density at radius 3 is 2.71 bits per heavy atom. The van der Waals surface area contributed by atoms with Gasteiger partial charge in [-0.05, 0) is 54.3 Å². The first-order chi connectivity index (χ1) is 13.2. The molecule has 1 aliphatic rings. The average molecular weight is 399 g/mol. The second-order valence-electron chi connectivity index (χ2n) is 6.78. The minimum atomic E-state index is -3.87. The van der Waals surface area contributed by atoms with Crippen LogP contribution in [0.1, 0.15) is 21.5 Å². The van der Waals surface area contributed by atoms with Crippen molar-refractivity contribution in [3.63, 3.8) is 0 Å². The Morgan fingerprint density at radius 2 is 2.04 bits per heavy atom. The number of nitriles is 1. The van der Waals surface area contributed by atoms with E-state index in [1.54, 1.807) is 32.0 Å². The molecule has 1 aliphatic heterocycles. The number of morpholine rings is 1. The summed E-state index contributed by atoms with van der Waals surface area (Å²) >= 11 is 0. The highest BCUT2D eigenvalue weighted by Gasteiger charge is 2.28. The first-order valence-electron chi connectivity index (χ1n) is 8.75. The van der Waals surface area contributed by atoms with E-state index in [0.717, 1.165) is 5.56 Å². The van der Waals surface area contributed by atoms with E-state index in [1.807, 2.05) is 12.1 Å². The van der Waals surface area contributed by atoms with E-state index < -0.39 is 16.1 Å². The van der Waals surface area contributed by atoms with Gasteiger partial charge in [0.25, 0.3) is 5.91 Å². The number of nitrogens with zero attached hydrogens (tertiary/aromatic N) is 2. The summed E-state index contributed by atoms with van der Waals surface area (Å²) in [5.74, 6) is -0.256. The predicted octanol–water partition coefficient (Wildman–Crippen LogP) is 1.98. The molecule has 0 saturated carbocycles. The van der Waals surface area contributed by atoms with Crippen LogP contribution in [0.4, 0.5) is 0 Å². The Kier molecular flexibility index (Phi) is 5.52. The topological polar surface area (TPSA) is 113 Å². The summed E-state index contributed by atoms with van der Waals surface area (Å²) in [6, 6.07) is 11.8. The lowest BCUT2D eigenvalue weighted by molar-refractivity contribution is 0.0132. The van der Waals surface area contributed by atoms with E-state index in [-0.39, 0.29) is 17.4 Å². The third kappa shape index (κ3) is 3.92. The van der Waals surface area contributed by atoms with E-state index in [2.05, 4.69) is 6.07 Å². The molecule has 2 aromatic carbocycles. The van der Waals surface area contributed by atoms with Gasteiger partial charge in [0.15, 0.2) is 0 Å². The van der Waals surface area contributed by atoms with Crippen molar-refractivity contribution in [2.75, 3.05) is 19.8 Å². The van der Waals surface area contributed by atoms with Crippen molar-refractivity contribution in [3.8, 4) is 17.2 Å². The summed E-state index contributed by atoms with van der Waals surface area (Å²) in [7, 11) is -3.87. The molecular weight excluding hydrogens is 378 g/mol. The molecule has 0 radical (unpaired) electrons. The maximum absolute atomic E-state index is 12.9. The molecule has 1 fully saturated rings. The number of rotatable bonds is 3. The summed E-state index contributed by atoms with van der Waals surface area (Å²) in [5, 5.41) is 14.6. The number of aryl methyl sites for hydroxylation is 1. The quantitative estimate of drug-likeness (QED) is 0.848. The van der Waals surface area contributed by atoms with Gasteiger partial charge in [0.05, 0.1) is 24.2 Å². The third-order valence-electron chi connectivity index (χ3n) is 4.77. The van der Waals surface area contributed by atoms with Crippen molar-refractivity contribution in [2.24, 2.45) is 5.14 Å². The molecule has 0 aromatic heterocycles. The van der Waals surface area contributed by atoms with Crippen molar-refractivity contribution < 1.29 is 17.9 Å². The summed E-state index contributed by atoms with van der Waals surface area (Å²) in [6.45, 7) is 4.41. The van der Waals surface area contributed by atoms with E-state index >= 15 is 0 Å². The van der Waals surface area contributed by atoms with Crippen LogP contribution in [0, 0.1) is 25.2 Å². The number of carbonyl (C=O) groups is 1. The highest BCUT2D eigenvalue weighted by atomic mass is 32.2. The summed E-state index contributed by atoms with van der Waals surface area (Å²) in [5.41, 5.74) is 3.10. The van der Waals surface area contributed by atoms with Gasteiger partial charge in [0, 0.05) is 12.1 Å². The summed E-state index contributed by atoms with van der Waals surface area (Å²) in [6.07, 6.45) is 0. The Balaban J connectivity index is 2.04. The lowest BCUT2D eigenvalue weighted by atomic mass is 9.96. The largest absolute Gasteiger partial charge is 0.376 e. The molecule has 1 heterocycles.